The highest BCUT2D eigenvalue weighted by Crippen LogP contribution is 2.56. The largest absolute Gasteiger partial charge is 0.311 e. The van der Waals surface area contributed by atoms with Crippen LogP contribution in [0.2, 0.25) is 0 Å². The molecule has 0 amide bonds. The summed E-state index contributed by atoms with van der Waals surface area (Å²) in [5, 5.41) is 0. The highest BCUT2D eigenvalue weighted by molar-refractivity contribution is 7.00. The minimum absolute atomic E-state index is 0.0654. The second-order valence-corrected chi connectivity index (χ2v) is 26.6. The van der Waals surface area contributed by atoms with Gasteiger partial charge in [-0.1, -0.05) is 248 Å². The topological polar surface area (TPSA) is 13.0 Å². The molecule has 0 fully saturated rings. The molecule has 436 valence electrons. The van der Waals surface area contributed by atoms with Crippen molar-refractivity contribution in [2.24, 2.45) is 0 Å². The van der Waals surface area contributed by atoms with Crippen molar-refractivity contribution < 1.29 is 0 Å². The van der Waals surface area contributed by atoms with Gasteiger partial charge in [-0.2, -0.15) is 0 Å². The maximum absolute atomic E-state index is 2.66. The van der Waals surface area contributed by atoms with E-state index in [0.29, 0.717) is 0 Å². The molecule has 0 radical (unpaired) electrons. The zero-order valence-corrected chi connectivity index (χ0v) is 52.3. The molecule has 4 nitrogen and oxygen atoms in total. The summed E-state index contributed by atoms with van der Waals surface area (Å²) in [5.41, 5.74) is 31.3. The lowest BCUT2D eigenvalue weighted by Gasteiger charge is -2.46. The van der Waals surface area contributed by atoms with Crippen LogP contribution in [0, 0.1) is 0 Å². The van der Waals surface area contributed by atoms with Crippen molar-refractivity contribution in [3.05, 3.63) is 321 Å². The molecule has 13 aromatic carbocycles. The van der Waals surface area contributed by atoms with Gasteiger partial charge in [0.25, 0.3) is 6.71 Å². The van der Waals surface area contributed by atoms with E-state index in [1.807, 2.05) is 0 Å². The van der Waals surface area contributed by atoms with Crippen LogP contribution in [0.3, 0.4) is 0 Å². The highest BCUT2D eigenvalue weighted by Gasteiger charge is 2.47. The fourth-order valence-electron chi connectivity index (χ4n) is 14.3. The Kier molecular flexibility index (Phi) is 13.4. The van der Waals surface area contributed by atoms with E-state index in [1.54, 1.807) is 0 Å². The van der Waals surface area contributed by atoms with Crippen LogP contribution in [-0.2, 0) is 10.8 Å². The molecule has 0 aliphatic carbocycles. The highest BCUT2D eigenvalue weighted by atomic mass is 15.2. The maximum atomic E-state index is 2.66. The third-order valence-electron chi connectivity index (χ3n) is 18.8. The SMILES string of the molecule is CC(C)(C)c1cc(-c2cccc(N3c4cc(N(c5ccccc5)c5ccccc5)ccc4B4c5cc(-c6ccccc6)cc6c5N(c5ccc(-c7ccccc7)cc5-c5ccccc5-6)c5cc(N(c6ccccc6)c6ccccc6)cc3c54)c2)cc(C(C)(C)C)c1. The number of anilines is 12. The average Bonchev–Trinajstić information content (AvgIpc) is 1.66. The molecule has 0 unspecified atom stereocenters. The number of benzene rings is 13. The van der Waals surface area contributed by atoms with Crippen LogP contribution in [0.5, 0.6) is 0 Å². The van der Waals surface area contributed by atoms with Crippen molar-refractivity contribution in [3.8, 4) is 55.6 Å². The summed E-state index contributed by atoms with van der Waals surface area (Å²) in [5.74, 6) is 0. The van der Waals surface area contributed by atoms with Gasteiger partial charge >= 0.3 is 0 Å². The van der Waals surface area contributed by atoms with Gasteiger partial charge in [0.2, 0.25) is 0 Å². The van der Waals surface area contributed by atoms with E-state index in [0.717, 1.165) is 62.6 Å². The second kappa shape index (κ2) is 22.0. The van der Waals surface area contributed by atoms with Crippen molar-refractivity contribution in [3.63, 3.8) is 0 Å². The Bertz CT molecular complexity index is 4790. The molecular formula is C86H69BN4. The first kappa shape index (κ1) is 55.4. The summed E-state index contributed by atoms with van der Waals surface area (Å²) in [4.78, 5) is 10.1. The van der Waals surface area contributed by atoms with Gasteiger partial charge in [0, 0.05) is 68.0 Å². The lowest BCUT2D eigenvalue weighted by atomic mass is 9.33. The van der Waals surface area contributed by atoms with E-state index in [-0.39, 0.29) is 17.5 Å². The molecule has 0 saturated heterocycles. The standard InChI is InChI=1S/C86H69BN4/c1-85(2,3)64-48-62(49-65(54-64)86(4,5)6)60-32-27-41-70(50-60)90-80-55-71(88(66-33-17-9-18-34-66)67-35-19-10-20-36-67)45-46-77(80)87-78-53-63(59-30-15-8-16-31-59)52-76-74-43-26-25-42-73(74)75-51-61(58-28-13-7-14-29-58)44-47-79(75)91(84(76)78)82-57-72(56-81(90)83(82)87)89(68-37-21-11-22-38-68)69-39-23-12-24-40-69/h7-57H,1-6H3. The summed E-state index contributed by atoms with van der Waals surface area (Å²) in [6.07, 6.45) is 0. The van der Waals surface area contributed by atoms with Crippen molar-refractivity contribution in [2.75, 3.05) is 19.6 Å². The van der Waals surface area contributed by atoms with Crippen LogP contribution in [0.4, 0.5) is 68.2 Å². The van der Waals surface area contributed by atoms with E-state index < -0.39 is 0 Å². The molecule has 0 saturated carbocycles. The number of nitrogens with zero attached hydrogens (tertiary/aromatic N) is 4. The van der Waals surface area contributed by atoms with Crippen molar-refractivity contribution in [1.29, 1.82) is 0 Å². The van der Waals surface area contributed by atoms with E-state index in [1.165, 1.54) is 88.8 Å². The monoisotopic (exact) mass is 1170 g/mol. The molecule has 13 aromatic rings. The fraction of sp³-hybridized carbons (Fsp3) is 0.0930. The predicted octanol–water partition coefficient (Wildman–Crippen LogP) is 22.0. The first-order chi connectivity index (χ1) is 44.4. The van der Waals surface area contributed by atoms with Gasteiger partial charge in [-0.05, 0) is 186 Å². The van der Waals surface area contributed by atoms with Gasteiger partial charge in [-0.15, -0.1) is 0 Å². The van der Waals surface area contributed by atoms with E-state index in [9.17, 15) is 0 Å². The van der Waals surface area contributed by atoms with E-state index in [2.05, 4.69) is 371 Å². The molecule has 0 aromatic heterocycles. The lowest BCUT2D eigenvalue weighted by molar-refractivity contribution is 0.569. The van der Waals surface area contributed by atoms with Crippen LogP contribution < -0.4 is 36.0 Å². The second-order valence-electron chi connectivity index (χ2n) is 26.6. The number of hydrogen-bond acceptors (Lipinski definition) is 4. The third-order valence-corrected chi connectivity index (χ3v) is 18.8. The van der Waals surface area contributed by atoms with Gasteiger partial charge in [-0.3, -0.25) is 0 Å². The molecule has 3 aliphatic rings. The molecule has 91 heavy (non-hydrogen) atoms. The minimum Gasteiger partial charge on any atom is -0.311 e. The first-order valence-electron chi connectivity index (χ1n) is 31.9. The molecule has 3 aliphatic heterocycles. The summed E-state index contributed by atoms with van der Waals surface area (Å²) in [6, 6.07) is 116. The van der Waals surface area contributed by atoms with E-state index >= 15 is 0 Å². The summed E-state index contributed by atoms with van der Waals surface area (Å²) < 4.78 is 0. The molecule has 0 spiro atoms. The zero-order chi connectivity index (χ0) is 61.5. The Morgan fingerprint density at radius 2 is 0.703 bits per heavy atom. The van der Waals surface area contributed by atoms with Gasteiger partial charge < -0.3 is 19.6 Å². The number of rotatable bonds is 10. The molecule has 5 heteroatoms. The fourth-order valence-corrected chi connectivity index (χ4v) is 14.3. The summed E-state index contributed by atoms with van der Waals surface area (Å²) in [7, 11) is 0. The third kappa shape index (κ3) is 9.71. The number of para-hydroxylation sites is 4. The van der Waals surface area contributed by atoms with Gasteiger partial charge in [-0.25, -0.2) is 0 Å². The summed E-state index contributed by atoms with van der Waals surface area (Å²) >= 11 is 0. The Morgan fingerprint density at radius 3 is 1.25 bits per heavy atom. The van der Waals surface area contributed by atoms with Crippen molar-refractivity contribution in [1.82, 2.24) is 0 Å². The van der Waals surface area contributed by atoms with Crippen molar-refractivity contribution >= 4 is 91.3 Å². The van der Waals surface area contributed by atoms with Gasteiger partial charge in [0.05, 0.1) is 11.4 Å². The molecule has 16 rings (SSSR count). The van der Waals surface area contributed by atoms with Crippen LogP contribution in [-0.4, -0.2) is 6.71 Å². The smallest absolute Gasteiger partial charge is 0.252 e. The normalized spacial score (nSPS) is 12.7. The Balaban J connectivity index is 1.06. The van der Waals surface area contributed by atoms with Gasteiger partial charge in [0.1, 0.15) is 0 Å². The first-order valence-corrected chi connectivity index (χ1v) is 31.9. The zero-order valence-electron chi connectivity index (χ0n) is 52.3. The quantitative estimate of drug-likeness (QED) is 0.127. The van der Waals surface area contributed by atoms with Crippen LogP contribution in [0.25, 0.3) is 55.6 Å². The number of fused-ring (bicyclic) bond motifs is 9. The average molecular weight is 1170 g/mol. The Morgan fingerprint density at radius 1 is 0.264 bits per heavy atom. The lowest BCUT2D eigenvalue weighted by Crippen LogP contribution is -2.61. The van der Waals surface area contributed by atoms with Crippen LogP contribution in [0.15, 0.2) is 309 Å². The molecular weight excluding hydrogens is 1100 g/mol. The van der Waals surface area contributed by atoms with Gasteiger partial charge in [0.15, 0.2) is 0 Å². The molecule has 0 bridgehead atoms. The molecule has 3 heterocycles. The molecule has 0 atom stereocenters. The van der Waals surface area contributed by atoms with Crippen LogP contribution >= 0.6 is 0 Å². The predicted molar refractivity (Wildman–Crippen MR) is 388 cm³/mol. The minimum atomic E-state index is -0.213. The summed E-state index contributed by atoms with van der Waals surface area (Å²) in [6.45, 7) is 13.8. The number of hydrogen-bond donors (Lipinski definition) is 0. The maximum Gasteiger partial charge on any atom is 0.252 e. The van der Waals surface area contributed by atoms with E-state index in [4.69, 9.17) is 0 Å². The van der Waals surface area contributed by atoms with Crippen LogP contribution in [0.1, 0.15) is 52.7 Å². The van der Waals surface area contributed by atoms with Crippen molar-refractivity contribution in [2.45, 2.75) is 52.4 Å². The Hall–Kier alpha value is -10.9. The molecule has 0 N–H and O–H groups in total. The Labute approximate surface area is 536 Å².